The summed E-state index contributed by atoms with van der Waals surface area (Å²) in [5, 5.41) is 25.3. The monoisotopic (exact) mass is 308 g/mol. The molecule has 3 rings (SSSR count). The first-order valence-corrected chi connectivity index (χ1v) is 9.34. The largest absolute Gasteiger partial charge is 0.870 e. The zero-order valence-corrected chi connectivity index (χ0v) is 13.2. The molecule has 0 fully saturated rings. The van der Waals surface area contributed by atoms with Crippen molar-refractivity contribution < 1.29 is 10.2 Å². The lowest BCUT2D eigenvalue weighted by Crippen LogP contribution is -2.31. The fraction of sp³-hybridized carbons (Fsp3) is 0.0526. The van der Waals surface area contributed by atoms with Crippen molar-refractivity contribution in [3.63, 3.8) is 0 Å². The molecule has 2 nitrogen and oxygen atoms in total. The summed E-state index contributed by atoms with van der Waals surface area (Å²) >= 11 is 0. The third-order valence-electron chi connectivity index (χ3n) is 3.97. The van der Waals surface area contributed by atoms with Crippen molar-refractivity contribution in [3.8, 4) is 11.5 Å². The molecule has 1 N–H and O–H groups in total. The van der Waals surface area contributed by atoms with Gasteiger partial charge in [-0.3, -0.25) is 0 Å². The molecule has 0 aliphatic rings. The summed E-state index contributed by atoms with van der Waals surface area (Å²) in [7, 11) is -2.06. The average Bonchev–Trinajstić information content (AvgIpc) is 2.58. The van der Waals surface area contributed by atoms with Crippen LogP contribution >= 0.6 is 7.26 Å². The molecule has 3 aromatic rings. The van der Waals surface area contributed by atoms with Gasteiger partial charge in [0.15, 0.2) is 0 Å². The van der Waals surface area contributed by atoms with Gasteiger partial charge in [0, 0.05) is 6.07 Å². The summed E-state index contributed by atoms with van der Waals surface area (Å²) in [6, 6.07) is 24.7. The van der Waals surface area contributed by atoms with Crippen LogP contribution in [0.2, 0.25) is 0 Å². The van der Waals surface area contributed by atoms with Crippen LogP contribution in [0.25, 0.3) is 0 Å². The van der Waals surface area contributed by atoms with Gasteiger partial charge in [-0.1, -0.05) is 48.2 Å². The van der Waals surface area contributed by atoms with Gasteiger partial charge < -0.3 is 10.2 Å². The first-order valence-electron chi connectivity index (χ1n) is 7.11. The summed E-state index contributed by atoms with van der Waals surface area (Å²) < 4.78 is 0. The Morgan fingerprint density at radius 1 is 0.773 bits per heavy atom. The number of hydrogen-bond acceptors (Lipinski definition) is 2. The van der Waals surface area contributed by atoms with E-state index in [0.717, 1.165) is 10.6 Å². The van der Waals surface area contributed by atoms with Crippen molar-refractivity contribution in [2.45, 2.75) is 0 Å². The fourth-order valence-electron chi connectivity index (χ4n) is 2.73. The molecule has 110 valence electrons. The maximum absolute atomic E-state index is 12.5. The Morgan fingerprint density at radius 3 is 1.77 bits per heavy atom. The Balaban J connectivity index is 2.31. The molecule has 0 amide bonds. The Hall–Kier alpha value is -2.31. The Labute approximate surface area is 131 Å². The maximum Gasteiger partial charge on any atom is 0.119 e. The number of rotatable bonds is 3. The van der Waals surface area contributed by atoms with Crippen molar-refractivity contribution in [1.82, 2.24) is 0 Å². The van der Waals surface area contributed by atoms with Gasteiger partial charge >= 0.3 is 0 Å². The van der Waals surface area contributed by atoms with Crippen LogP contribution in [0.3, 0.4) is 0 Å². The molecule has 22 heavy (non-hydrogen) atoms. The van der Waals surface area contributed by atoms with E-state index in [1.165, 1.54) is 12.1 Å². The van der Waals surface area contributed by atoms with E-state index in [2.05, 4.69) is 30.9 Å². The highest BCUT2D eigenvalue weighted by Crippen LogP contribution is 2.53. The maximum atomic E-state index is 12.5. The van der Waals surface area contributed by atoms with E-state index >= 15 is 0 Å². The van der Waals surface area contributed by atoms with E-state index in [1.807, 2.05) is 36.4 Å². The highest BCUT2D eigenvalue weighted by atomic mass is 31.2. The van der Waals surface area contributed by atoms with Gasteiger partial charge in [0.05, 0.1) is 6.66 Å². The second kappa shape index (κ2) is 5.82. The third kappa shape index (κ3) is 2.47. The lowest BCUT2D eigenvalue weighted by atomic mass is 10.3. The Bertz CT molecular complexity index is 730. The molecule has 0 heterocycles. The van der Waals surface area contributed by atoms with Gasteiger partial charge in [-0.15, -0.1) is 0 Å². The molecule has 3 heteroatoms. The van der Waals surface area contributed by atoms with E-state index in [9.17, 15) is 10.2 Å². The summed E-state index contributed by atoms with van der Waals surface area (Å²) in [5.74, 6) is 0.106. The highest BCUT2D eigenvalue weighted by molar-refractivity contribution is 7.95. The molecule has 0 aliphatic heterocycles. The minimum absolute atomic E-state index is 0.0265. The molecule has 0 atom stereocenters. The topological polar surface area (TPSA) is 43.3 Å². The van der Waals surface area contributed by atoms with Crippen LogP contribution in [-0.4, -0.2) is 11.8 Å². The third-order valence-corrected chi connectivity index (χ3v) is 7.94. The minimum atomic E-state index is -2.06. The summed E-state index contributed by atoms with van der Waals surface area (Å²) in [6.45, 7) is 2.13. The van der Waals surface area contributed by atoms with Gasteiger partial charge in [-0.25, -0.2) is 0 Å². The molecule has 0 radical (unpaired) electrons. The predicted octanol–water partition coefficient (Wildman–Crippen LogP) is 2.39. The van der Waals surface area contributed by atoms with E-state index in [0.29, 0.717) is 5.30 Å². The van der Waals surface area contributed by atoms with Crippen molar-refractivity contribution >= 4 is 23.2 Å². The van der Waals surface area contributed by atoms with Crippen LogP contribution in [0.1, 0.15) is 0 Å². The van der Waals surface area contributed by atoms with E-state index < -0.39 is 7.26 Å². The Kier molecular flexibility index (Phi) is 3.87. The first kappa shape index (κ1) is 14.6. The van der Waals surface area contributed by atoms with Crippen LogP contribution in [0.4, 0.5) is 0 Å². The first-order chi connectivity index (χ1) is 10.6. The zero-order chi connectivity index (χ0) is 15.6. The van der Waals surface area contributed by atoms with E-state index in [-0.39, 0.29) is 11.5 Å². The number of aromatic hydroxyl groups is 1. The Morgan fingerprint density at radius 2 is 1.27 bits per heavy atom. The van der Waals surface area contributed by atoms with Crippen LogP contribution in [-0.2, 0) is 0 Å². The quantitative estimate of drug-likeness (QED) is 0.755. The van der Waals surface area contributed by atoms with Crippen LogP contribution in [0.15, 0.2) is 78.9 Å². The van der Waals surface area contributed by atoms with Crippen molar-refractivity contribution in [1.29, 1.82) is 0 Å². The molecule has 0 bridgehead atoms. The van der Waals surface area contributed by atoms with Crippen LogP contribution < -0.4 is 21.0 Å². The predicted molar refractivity (Wildman–Crippen MR) is 92.2 cm³/mol. The zero-order valence-electron chi connectivity index (χ0n) is 12.3. The normalized spacial score (nSPS) is 11.3. The number of phenols is 1. The molecule has 0 saturated carbocycles. The molecule has 0 saturated heterocycles. The molecule has 0 aliphatic carbocycles. The number of hydrogen-bond donors (Lipinski definition) is 1. The molecular formula is C19H17O2P. The van der Waals surface area contributed by atoms with Gasteiger partial charge in [0.2, 0.25) is 0 Å². The number of phenolic OH excluding ortho intramolecular Hbond substituents is 1. The van der Waals surface area contributed by atoms with Crippen LogP contribution in [0.5, 0.6) is 11.5 Å². The summed E-state index contributed by atoms with van der Waals surface area (Å²) in [5.41, 5.74) is 0. The molecule has 0 aromatic heterocycles. The summed E-state index contributed by atoms with van der Waals surface area (Å²) in [4.78, 5) is 0. The number of benzene rings is 3. The second-order valence-electron chi connectivity index (χ2n) is 5.33. The fourth-order valence-corrected chi connectivity index (χ4v) is 6.03. The van der Waals surface area contributed by atoms with Gasteiger partial charge in [-0.05, 0) is 30.3 Å². The molecular weight excluding hydrogens is 291 g/mol. The lowest BCUT2D eigenvalue weighted by molar-refractivity contribution is -0.266. The van der Waals surface area contributed by atoms with Crippen LogP contribution in [0, 0.1) is 0 Å². The smallest absolute Gasteiger partial charge is 0.119 e. The second-order valence-corrected chi connectivity index (χ2v) is 8.86. The van der Waals surface area contributed by atoms with Crippen molar-refractivity contribution in [2.75, 3.05) is 6.66 Å². The van der Waals surface area contributed by atoms with E-state index in [4.69, 9.17) is 0 Å². The summed E-state index contributed by atoms with van der Waals surface area (Å²) in [6.07, 6.45) is 0. The van der Waals surface area contributed by atoms with Gasteiger partial charge in [0.25, 0.3) is 0 Å². The average molecular weight is 308 g/mol. The minimum Gasteiger partial charge on any atom is -0.870 e. The molecule has 3 aromatic carbocycles. The standard InChI is InChI=1S/C19H17O2P/c1-22(16-8-4-2-5-9-16,17-10-6-3-7-11-17)19-14-15(20)12-13-18(19)21/h2-14H,1H3,(H-,20,21). The van der Waals surface area contributed by atoms with E-state index in [1.54, 1.807) is 6.07 Å². The van der Waals surface area contributed by atoms with Crippen molar-refractivity contribution in [2.24, 2.45) is 0 Å². The lowest BCUT2D eigenvalue weighted by Gasteiger charge is -2.27. The SMILES string of the molecule is C[P+](c1ccccc1)(c1ccccc1)c1cc(O)ccc1[O-]. The van der Waals surface area contributed by atoms with Gasteiger partial charge in [0.1, 0.15) is 28.9 Å². The van der Waals surface area contributed by atoms with Crippen molar-refractivity contribution in [3.05, 3.63) is 78.9 Å². The molecule has 0 unspecified atom stereocenters. The molecule has 0 spiro atoms. The van der Waals surface area contributed by atoms with Gasteiger partial charge in [-0.2, -0.15) is 0 Å². The highest BCUT2D eigenvalue weighted by Gasteiger charge is 2.40.